The summed E-state index contributed by atoms with van der Waals surface area (Å²) in [5.74, 6) is 1.99. The van der Waals surface area contributed by atoms with E-state index in [4.69, 9.17) is 4.74 Å². The van der Waals surface area contributed by atoms with Gasteiger partial charge in [0.15, 0.2) is 5.96 Å². The molecule has 0 atom stereocenters. The van der Waals surface area contributed by atoms with Crippen LogP contribution in [0.1, 0.15) is 62.5 Å². The number of ether oxygens (including phenoxy) is 1. The van der Waals surface area contributed by atoms with Crippen LogP contribution in [0.2, 0.25) is 0 Å². The molecule has 0 spiro atoms. The molecule has 32 heavy (non-hydrogen) atoms. The van der Waals surface area contributed by atoms with Crippen LogP contribution in [-0.4, -0.2) is 61.1 Å². The first kappa shape index (κ1) is 25.3. The van der Waals surface area contributed by atoms with Gasteiger partial charge in [0.1, 0.15) is 0 Å². The van der Waals surface area contributed by atoms with Crippen molar-refractivity contribution in [2.75, 3.05) is 33.3 Å². The van der Waals surface area contributed by atoms with Crippen molar-refractivity contribution in [2.24, 2.45) is 10.9 Å². The van der Waals surface area contributed by atoms with E-state index >= 15 is 0 Å². The lowest BCUT2D eigenvalue weighted by molar-refractivity contribution is -0.131. The van der Waals surface area contributed by atoms with Crippen LogP contribution in [0.3, 0.4) is 0 Å². The number of piperidine rings is 1. The lowest BCUT2D eigenvalue weighted by Gasteiger charge is -2.34. The van der Waals surface area contributed by atoms with Crippen LogP contribution in [0.5, 0.6) is 0 Å². The molecule has 0 bridgehead atoms. The second-order valence-electron chi connectivity index (χ2n) is 9.27. The summed E-state index contributed by atoms with van der Waals surface area (Å²) in [5.41, 5.74) is 2.56. The fourth-order valence-corrected chi connectivity index (χ4v) is 5.12. The van der Waals surface area contributed by atoms with Gasteiger partial charge in [-0.3, -0.25) is 9.79 Å². The van der Waals surface area contributed by atoms with Crippen LogP contribution in [0.15, 0.2) is 29.3 Å². The van der Waals surface area contributed by atoms with Gasteiger partial charge in [-0.1, -0.05) is 37.1 Å². The Bertz CT molecular complexity index is 733. The molecule has 0 unspecified atom stereocenters. The summed E-state index contributed by atoms with van der Waals surface area (Å²) in [5, 5.41) is 3.46. The predicted octanol–water partition coefficient (Wildman–Crippen LogP) is 4.17. The van der Waals surface area contributed by atoms with Gasteiger partial charge in [-0.25, -0.2) is 0 Å². The molecular weight excluding hydrogens is 515 g/mol. The number of rotatable bonds is 7. The Hall–Kier alpha value is -1.35. The number of likely N-dealkylation sites (tertiary alicyclic amines) is 1. The maximum Gasteiger partial charge on any atom is 0.223 e. The number of hydrogen-bond acceptors (Lipinski definition) is 3. The van der Waals surface area contributed by atoms with E-state index in [1.807, 2.05) is 24.1 Å². The van der Waals surface area contributed by atoms with Crippen molar-refractivity contribution in [2.45, 2.75) is 70.6 Å². The fraction of sp³-hybridized carbons (Fsp3) is 0.680. The number of nitrogens with zero attached hydrogens (tertiary/aromatic N) is 3. The molecule has 1 amide bonds. The van der Waals surface area contributed by atoms with Crippen molar-refractivity contribution >= 4 is 35.8 Å². The molecule has 1 aromatic carbocycles. The minimum Gasteiger partial charge on any atom is -0.378 e. The maximum absolute atomic E-state index is 12.6. The number of carbonyl (C=O) groups excluding carboxylic acids is 1. The third-order valence-electron chi connectivity index (χ3n) is 7.04. The Morgan fingerprint density at radius 1 is 1.06 bits per heavy atom. The second kappa shape index (κ2) is 12.8. The normalized spacial score (nSPS) is 19.7. The lowest BCUT2D eigenvalue weighted by Crippen LogP contribution is -2.47. The summed E-state index contributed by atoms with van der Waals surface area (Å²) in [6.45, 7) is 5.20. The highest BCUT2D eigenvalue weighted by Crippen LogP contribution is 2.26. The number of carbonyl (C=O) groups is 1. The van der Waals surface area contributed by atoms with Gasteiger partial charge in [0.2, 0.25) is 5.91 Å². The van der Waals surface area contributed by atoms with Gasteiger partial charge in [-0.15, -0.1) is 24.0 Å². The van der Waals surface area contributed by atoms with E-state index in [1.165, 1.54) is 36.8 Å². The Morgan fingerprint density at radius 3 is 2.34 bits per heavy atom. The molecule has 1 aromatic rings. The summed E-state index contributed by atoms with van der Waals surface area (Å²) in [6.07, 6.45) is 9.41. The second-order valence-corrected chi connectivity index (χ2v) is 9.27. The van der Waals surface area contributed by atoms with Gasteiger partial charge in [0, 0.05) is 52.8 Å². The van der Waals surface area contributed by atoms with Crippen molar-refractivity contribution in [3.05, 3.63) is 35.4 Å². The first-order valence-corrected chi connectivity index (χ1v) is 12.1. The van der Waals surface area contributed by atoms with Crippen LogP contribution in [-0.2, 0) is 22.6 Å². The van der Waals surface area contributed by atoms with E-state index in [2.05, 4.69) is 27.3 Å². The van der Waals surface area contributed by atoms with Gasteiger partial charge in [-0.2, -0.15) is 0 Å². The van der Waals surface area contributed by atoms with Crippen LogP contribution >= 0.6 is 24.0 Å². The molecule has 0 radical (unpaired) electrons. The topological polar surface area (TPSA) is 57.2 Å². The van der Waals surface area contributed by atoms with E-state index in [1.54, 1.807) is 0 Å². The number of benzene rings is 1. The van der Waals surface area contributed by atoms with Crippen molar-refractivity contribution in [3.63, 3.8) is 0 Å². The third kappa shape index (κ3) is 6.83. The molecule has 2 fully saturated rings. The summed E-state index contributed by atoms with van der Waals surface area (Å²) >= 11 is 0. The number of amides is 1. The third-order valence-corrected chi connectivity index (χ3v) is 7.04. The summed E-state index contributed by atoms with van der Waals surface area (Å²) in [7, 11) is 1.84. The summed E-state index contributed by atoms with van der Waals surface area (Å²) in [6, 6.07) is 8.34. The van der Waals surface area contributed by atoms with Crippen LogP contribution < -0.4 is 5.32 Å². The van der Waals surface area contributed by atoms with Gasteiger partial charge < -0.3 is 19.9 Å². The lowest BCUT2D eigenvalue weighted by atomic mass is 10.1. The molecule has 1 saturated carbocycles. The Balaban J connectivity index is 0.00000289. The molecule has 3 aliphatic rings. The van der Waals surface area contributed by atoms with Crippen LogP contribution in [0.25, 0.3) is 0 Å². The molecular formula is C25H39IN4O2. The standard InChI is InChI=1S/C25H38N4O2.HI/c1-26-25(28-15-12-23(13-16-28)31-19-20-7-2-3-8-20)27-14-6-11-24(30)29-17-21-9-4-5-10-22(21)18-29;/h4-5,9-10,20,23H,2-3,6-8,11-19H2,1H3,(H,26,27);1H. The maximum atomic E-state index is 12.6. The predicted molar refractivity (Wildman–Crippen MR) is 139 cm³/mol. The highest BCUT2D eigenvalue weighted by molar-refractivity contribution is 14.0. The van der Waals surface area contributed by atoms with Gasteiger partial charge in [0.25, 0.3) is 0 Å². The number of hydrogen-bond donors (Lipinski definition) is 1. The molecule has 6 nitrogen and oxygen atoms in total. The fourth-order valence-electron chi connectivity index (χ4n) is 5.12. The van der Waals surface area contributed by atoms with Crippen LogP contribution in [0, 0.1) is 5.92 Å². The van der Waals surface area contributed by atoms with Crippen LogP contribution in [0.4, 0.5) is 0 Å². The van der Waals surface area contributed by atoms with Crippen molar-refractivity contribution < 1.29 is 9.53 Å². The largest absolute Gasteiger partial charge is 0.378 e. The number of guanidine groups is 1. The molecule has 1 aliphatic carbocycles. The van der Waals surface area contributed by atoms with E-state index in [9.17, 15) is 4.79 Å². The molecule has 1 saturated heterocycles. The zero-order valence-electron chi connectivity index (χ0n) is 19.4. The Labute approximate surface area is 210 Å². The first-order chi connectivity index (χ1) is 15.2. The molecule has 178 valence electrons. The van der Waals surface area contributed by atoms with Gasteiger partial charge in [0.05, 0.1) is 6.10 Å². The summed E-state index contributed by atoms with van der Waals surface area (Å²) < 4.78 is 6.20. The Kier molecular flexibility index (Phi) is 10.1. The van der Waals surface area contributed by atoms with E-state index < -0.39 is 0 Å². The monoisotopic (exact) mass is 554 g/mol. The smallest absolute Gasteiger partial charge is 0.223 e. The quantitative estimate of drug-likeness (QED) is 0.238. The van der Waals surface area contributed by atoms with E-state index in [0.29, 0.717) is 12.5 Å². The summed E-state index contributed by atoms with van der Waals surface area (Å²) in [4.78, 5) is 21.3. The minimum atomic E-state index is 0. The zero-order valence-corrected chi connectivity index (χ0v) is 21.8. The number of halogens is 1. The molecule has 1 N–H and O–H groups in total. The van der Waals surface area contributed by atoms with Crippen molar-refractivity contribution in [3.8, 4) is 0 Å². The van der Waals surface area contributed by atoms with E-state index in [-0.39, 0.29) is 29.9 Å². The molecule has 0 aromatic heterocycles. The minimum absolute atomic E-state index is 0. The SMILES string of the molecule is CN=C(NCCCC(=O)N1Cc2ccccc2C1)N1CCC(OCC2CCCC2)CC1.I. The Morgan fingerprint density at radius 2 is 1.72 bits per heavy atom. The average Bonchev–Trinajstić information content (AvgIpc) is 3.48. The molecule has 2 aliphatic heterocycles. The number of nitrogens with one attached hydrogen (secondary N) is 1. The number of fused-ring (bicyclic) bond motifs is 1. The average molecular weight is 555 g/mol. The zero-order chi connectivity index (χ0) is 21.5. The van der Waals surface area contributed by atoms with Gasteiger partial charge in [-0.05, 0) is 49.1 Å². The highest BCUT2D eigenvalue weighted by Gasteiger charge is 2.24. The van der Waals surface area contributed by atoms with Crippen molar-refractivity contribution in [1.82, 2.24) is 15.1 Å². The molecule has 2 heterocycles. The molecule has 4 rings (SSSR count). The molecule has 7 heteroatoms. The van der Waals surface area contributed by atoms with Crippen molar-refractivity contribution in [1.29, 1.82) is 0 Å². The van der Waals surface area contributed by atoms with Gasteiger partial charge >= 0.3 is 0 Å². The highest BCUT2D eigenvalue weighted by atomic mass is 127. The number of aliphatic imine (C=N–C) groups is 1. The van der Waals surface area contributed by atoms with E-state index in [0.717, 1.165) is 70.5 Å². The first-order valence-electron chi connectivity index (χ1n) is 12.1.